The van der Waals surface area contributed by atoms with E-state index in [0.717, 1.165) is 5.56 Å². The van der Waals surface area contributed by atoms with Crippen LogP contribution in [-0.2, 0) is 14.6 Å². The standard InChI is InChI=1S/C17H18ClN3O4S/c1-2-14(22)21-9-17(10-21)13(7-8-26(17,23)24)16-19-15(20-25-16)11-3-5-12(18)6-4-11/h3-6,13H,2,7-10H2,1H3. The maximum absolute atomic E-state index is 12.7. The Labute approximate surface area is 156 Å². The molecule has 1 aromatic carbocycles. The second-order valence-corrected chi connectivity index (χ2v) is 9.68. The van der Waals surface area contributed by atoms with Crippen molar-refractivity contribution in [3.8, 4) is 11.4 Å². The van der Waals surface area contributed by atoms with Gasteiger partial charge in [0.25, 0.3) is 0 Å². The highest BCUT2D eigenvalue weighted by molar-refractivity contribution is 7.93. The van der Waals surface area contributed by atoms with Crippen LogP contribution in [0.4, 0.5) is 0 Å². The lowest BCUT2D eigenvalue weighted by atomic mass is 9.83. The van der Waals surface area contributed by atoms with Crippen LogP contribution >= 0.6 is 11.6 Å². The largest absolute Gasteiger partial charge is 0.339 e. The zero-order valence-corrected chi connectivity index (χ0v) is 15.8. The predicted octanol–water partition coefficient (Wildman–Crippen LogP) is 2.28. The number of nitrogens with zero attached hydrogens (tertiary/aromatic N) is 3. The normalized spacial score (nSPS) is 23.2. The summed E-state index contributed by atoms with van der Waals surface area (Å²) in [5, 5.41) is 4.60. The minimum atomic E-state index is -3.32. The molecule has 3 heterocycles. The Morgan fingerprint density at radius 1 is 1.35 bits per heavy atom. The topological polar surface area (TPSA) is 93.4 Å². The summed E-state index contributed by atoms with van der Waals surface area (Å²) in [4.78, 5) is 17.9. The molecule has 2 aliphatic heterocycles. The van der Waals surface area contributed by atoms with Gasteiger partial charge < -0.3 is 9.42 Å². The molecule has 0 saturated carbocycles. The fourth-order valence-corrected chi connectivity index (χ4v) is 6.25. The lowest BCUT2D eigenvalue weighted by Gasteiger charge is -2.48. The van der Waals surface area contributed by atoms with Crippen molar-refractivity contribution >= 4 is 27.3 Å². The van der Waals surface area contributed by atoms with Crippen LogP contribution in [0.25, 0.3) is 11.4 Å². The lowest BCUT2D eigenvalue weighted by Crippen LogP contribution is -2.67. The van der Waals surface area contributed by atoms with E-state index in [2.05, 4.69) is 10.1 Å². The van der Waals surface area contributed by atoms with Crippen molar-refractivity contribution in [3.63, 3.8) is 0 Å². The molecule has 2 fully saturated rings. The molecule has 2 aliphatic rings. The van der Waals surface area contributed by atoms with Gasteiger partial charge in [0.1, 0.15) is 4.75 Å². The van der Waals surface area contributed by atoms with Crippen molar-refractivity contribution in [2.45, 2.75) is 30.4 Å². The highest BCUT2D eigenvalue weighted by Gasteiger charge is 2.64. The average molecular weight is 396 g/mol. The SMILES string of the molecule is CCC(=O)N1CC2(C1)C(c1nc(-c3ccc(Cl)cc3)no1)CCS2(=O)=O. The molecule has 9 heteroatoms. The van der Waals surface area contributed by atoms with Crippen LogP contribution in [0.5, 0.6) is 0 Å². The van der Waals surface area contributed by atoms with Gasteiger partial charge in [0.15, 0.2) is 9.84 Å². The van der Waals surface area contributed by atoms with E-state index < -0.39 is 14.6 Å². The molecule has 0 aliphatic carbocycles. The number of benzene rings is 1. The van der Waals surface area contributed by atoms with E-state index in [1.54, 1.807) is 36.1 Å². The van der Waals surface area contributed by atoms with Gasteiger partial charge in [0.05, 0.1) is 11.7 Å². The number of hydrogen-bond donors (Lipinski definition) is 0. The van der Waals surface area contributed by atoms with Crippen LogP contribution < -0.4 is 0 Å². The maximum atomic E-state index is 12.7. The molecule has 4 rings (SSSR count). The third-order valence-electron chi connectivity index (χ3n) is 5.34. The molecule has 1 amide bonds. The van der Waals surface area contributed by atoms with E-state index in [0.29, 0.717) is 29.6 Å². The third-order valence-corrected chi connectivity index (χ3v) is 8.15. The van der Waals surface area contributed by atoms with Gasteiger partial charge in [-0.25, -0.2) is 8.42 Å². The summed E-state index contributed by atoms with van der Waals surface area (Å²) in [6.45, 7) is 2.17. The Hall–Kier alpha value is -1.93. The first kappa shape index (κ1) is 17.5. The van der Waals surface area contributed by atoms with E-state index >= 15 is 0 Å². The van der Waals surface area contributed by atoms with Crippen LogP contribution in [0.1, 0.15) is 31.6 Å². The number of amides is 1. The second-order valence-electron chi connectivity index (χ2n) is 6.79. The van der Waals surface area contributed by atoms with Gasteiger partial charge in [-0.1, -0.05) is 23.7 Å². The van der Waals surface area contributed by atoms with Crippen LogP contribution in [-0.4, -0.2) is 53.0 Å². The zero-order valence-electron chi connectivity index (χ0n) is 14.2. The zero-order chi connectivity index (χ0) is 18.5. The van der Waals surface area contributed by atoms with Crippen molar-refractivity contribution in [2.24, 2.45) is 0 Å². The summed E-state index contributed by atoms with van der Waals surface area (Å²) < 4.78 is 29.8. The van der Waals surface area contributed by atoms with Gasteiger partial charge in [-0.2, -0.15) is 4.98 Å². The molecule has 0 bridgehead atoms. The first-order valence-electron chi connectivity index (χ1n) is 8.46. The Bertz CT molecular complexity index is 949. The highest BCUT2D eigenvalue weighted by Crippen LogP contribution is 2.49. The summed E-state index contributed by atoms with van der Waals surface area (Å²) >= 11 is 5.89. The maximum Gasteiger partial charge on any atom is 0.231 e. The Morgan fingerprint density at radius 2 is 2.04 bits per heavy atom. The highest BCUT2D eigenvalue weighted by atomic mass is 35.5. The first-order chi connectivity index (χ1) is 12.4. The molecular formula is C17H18ClN3O4S. The van der Waals surface area contributed by atoms with E-state index in [1.807, 2.05) is 0 Å². The molecule has 26 heavy (non-hydrogen) atoms. The molecule has 0 radical (unpaired) electrons. The quantitative estimate of drug-likeness (QED) is 0.791. The van der Waals surface area contributed by atoms with Crippen molar-refractivity contribution in [1.82, 2.24) is 15.0 Å². The molecule has 0 N–H and O–H groups in total. The number of hydrogen-bond acceptors (Lipinski definition) is 6. The number of aromatic nitrogens is 2. The van der Waals surface area contributed by atoms with Crippen molar-refractivity contribution in [2.75, 3.05) is 18.8 Å². The van der Waals surface area contributed by atoms with Gasteiger partial charge in [0, 0.05) is 30.1 Å². The van der Waals surface area contributed by atoms with Crippen molar-refractivity contribution < 1.29 is 17.7 Å². The van der Waals surface area contributed by atoms with Crippen LogP contribution in [0.2, 0.25) is 5.02 Å². The van der Waals surface area contributed by atoms with Gasteiger partial charge in [-0.3, -0.25) is 4.79 Å². The minimum Gasteiger partial charge on any atom is -0.339 e. The summed E-state index contributed by atoms with van der Waals surface area (Å²) in [5.41, 5.74) is 0.746. The van der Waals surface area contributed by atoms with E-state index in [4.69, 9.17) is 16.1 Å². The van der Waals surface area contributed by atoms with Crippen LogP contribution in [0, 0.1) is 0 Å². The van der Waals surface area contributed by atoms with E-state index in [9.17, 15) is 13.2 Å². The monoisotopic (exact) mass is 395 g/mol. The number of carbonyl (C=O) groups excluding carboxylic acids is 1. The molecule has 2 aromatic rings. The fraction of sp³-hybridized carbons (Fsp3) is 0.471. The smallest absolute Gasteiger partial charge is 0.231 e. The van der Waals surface area contributed by atoms with Crippen LogP contribution in [0.15, 0.2) is 28.8 Å². The second kappa shape index (κ2) is 6.06. The molecule has 7 nitrogen and oxygen atoms in total. The van der Waals surface area contributed by atoms with E-state index in [1.165, 1.54) is 0 Å². The number of likely N-dealkylation sites (tertiary alicyclic amines) is 1. The third kappa shape index (κ3) is 2.54. The fourth-order valence-electron chi connectivity index (χ4n) is 3.81. The van der Waals surface area contributed by atoms with Gasteiger partial charge in [-0.05, 0) is 30.7 Å². The van der Waals surface area contributed by atoms with E-state index in [-0.39, 0.29) is 30.7 Å². The van der Waals surface area contributed by atoms with Gasteiger partial charge in [-0.15, -0.1) is 0 Å². The Balaban J connectivity index is 1.63. The Kier molecular flexibility index (Phi) is 4.07. The Morgan fingerprint density at radius 3 is 2.69 bits per heavy atom. The molecule has 1 aromatic heterocycles. The first-order valence-corrected chi connectivity index (χ1v) is 10.5. The minimum absolute atomic E-state index is 0.0381. The average Bonchev–Trinajstić information content (AvgIpc) is 3.15. The number of carbonyl (C=O) groups is 1. The van der Waals surface area contributed by atoms with Crippen LogP contribution in [0.3, 0.4) is 0 Å². The predicted molar refractivity (Wildman–Crippen MR) is 95.5 cm³/mol. The summed E-state index contributed by atoms with van der Waals surface area (Å²) in [5.74, 6) is 0.368. The number of rotatable bonds is 3. The molecule has 1 unspecified atom stereocenters. The van der Waals surface area contributed by atoms with Crippen molar-refractivity contribution in [1.29, 1.82) is 0 Å². The molecule has 1 spiro atoms. The van der Waals surface area contributed by atoms with Gasteiger partial charge >= 0.3 is 0 Å². The summed E-state index contributed by atoms with van der Waals surface area (Å²) in [6.07, 6.45) is 0.792. The number of halogens is 1. The molecule has 1 atom stereocenters. The summed E-state index contributed by atoms with van der Waals surface area (Å²) in [7, 11) is -3.32. The molecule has 138 valence electrons. The van der Waals surface area contributed by atoms with Gasteiger partial charge in [0.2, 0.25) is 17.6 Å². The lowest BCUT2D eigenvalue weighted by molar-refractivity contribution is -0.136. The van der Waals surface area contributed by atoms with Crippen molar-refractivity contribution in [3.05, 3.63) is 35.2 Å². The number of sulfone groups is 1. The molecule has 2 saturated heterocycles. The summed E-state index contributed by atoms with van der Waals surface area (Å²) in [6, 6.07) is 7.02. The molecular weight excluding hydrogens is 378 g/mol.